The zero-order chi connectivity index (χ0) is 14.0. The fourth-order valence-electron chi connectivity index (χ4n) is 2.24. The minimum Gasteiger partial charge on any atom is -0.459 e. The topological polar surface area (TPSA) is 59.5 Å². The van der Waals surface area contributed by atoms with Crippen molar-refractivity contribution >= 4 is 29.3 Å². The minimum absolute atomic E-state index is 0. The summed E-state index contributed by atoms with van der Waals surface area (Å²) in [5.74, 6) is 0.729. The predicted molar refractivity (Wildman–Crippen MR) is 82.9 cm³/mol. The Morgan fingerprint density at radius 2 is 2.00 bits per heavy atom. The van der Waals surface area contributed by atoms with Crippen molar-refractivity contribution in [3.63, 3.8) is 0 Å². The number of nitrogens with zero attached hydrogens (tertiary/aromatic N) is 1. The van der Waals surface area contributed by atoms with Gasteiger partial charge in [-0.3, -0.25) is 4.79 Å². The number of carbonyl (C=O) groups excluding carboxylic acids is 1. The van der Waals surface area contributed by atoms with E-state index in [2.05, 4.69) is 0 Å². The molecule has 1 amide bonds. The minimum atomic E-state index is -0.494. The molecule has 0 aliphatic heterocycles. The summed E-state index contributed by atoms with van der Waals surface area (Å²) in [6.45, 7) is 6.22. The Kier molecular flexibility index (Phi) is 5.60. The van der Waals surface area contributed by atoms with E-state index in [0.29, 0.717) is 6.54 Å². The first-order valence-corrected chi connectivity index (χ1v) is 6.59. The number of furan rings is 1. The molecule has 4 nitrogen and oxygen atoms in total. The maximum atomic E-state index is 12.1. The molecule has 0 bridgehead atoms. The summed E-state index contributed by atoms with van der Waals surface area (Å²) in [6.07, 6.45) is 0. The van der Waals surface area contributed by atoms with Gasteiger partial charge in [-0.25, -0.2) is 0 Å². The Morgan fingerprint density at radius 1 is 1.35 bits per heavy atom. The monoisotopic (exact) mass is 296 g/mol. The summed E-state index contributed by atoms with van der Waals surface area (Å²) in [5, 5.41) is 1.05. The molecule has 20 heavy (non-hydrogen) atoms. The highest BCUT2D eigenvalue weighted by Gasteiger charge is 2.24. The SMILES string of the molecule is CCN(C(=O)[C@@H](C)N)C(C)c1cc2ccccc2o1.Cl. The molecular formula is C15H21ClN2O2. The van der Waals surface area contributed by atoms with Gasteiger partial charge in [0.25, 0.3) is 0 Å². The first-order chi connectivity index (χ1) is 9.04. The van der Waals surface area contributed by atoms with Crippen molar-refractivity contribution in [2.75, 3.05) is 6.54 Å². The molecule has 1 unspecified atom stereocenters. The molecule has 2 aromatic rings. The van der Waals surface area contributed by atoms with Crippen molar-refractivity contribution in [1.82, 2.24) is 4.90 Å². The van der Waals surface area contributed by atoms with Gasteiger partial charge in [0, 0.05) is 11.9 Å². The van der Waals surface area contributed by atoms with Crippen molar-refractivity contribution in [1.29, 1.82) is 0 Å². The summed E-state index contributed by atoms with van der Waals surface area (Å²) >= 11 is 0. The lowest BCUT2D eigenvalue weighted by molar-refractivity contribution is -0.134. The van der Waals surface area contributed by atoms with Crippen LogP contribution in [0, 0.1) is 0 Å². The molecule has 0 spiro atoms. The quantitative estimate of drug-likeness (QED) is 0.943. The standard InChI is InChI=1S/C15H20N2O2.ClH/c1-4-17(15(18)10(2)16)11(3)14-9-12-7-5-6-8-13(12)19-14;/h5-11H,4,16H2,1-3H3;1H/t10-,11?;/m1./s1. The van der Waals surface area contributed by atoms with E-state index in [1.165, 1.54) is 0 Å². The van der Waals surface area contributed by atoms with E-state index in [9.17, 15) is 4.79 Å². The third kappa shape index (κ3) is 3.14. The second kappa shape index (κ2) is 6.77. The summed E-state index contributed by atoms with van der Waals surface area (Å²) in [6, 6.07) is 9.20. The molecule has 0 saturated heterocycles. The fraction of sp³-hybridized carbons (Fsp3) is 0.400. The smallest absolute Gasteiger partial charge is 0.239 e. The molecule has 1 aromatic carbocycles. The van der Waals surface area contributed by atoms with Crippen LogP contribution >= 0.6 is 12.4 Å². The van der Waals surface area contributed by atoms with Crippen LogP contribution in [0.5, 0.6) is 0 Å². The van der Waals surface area contributed by atoms with Crippen LogP contribution in [-0.4, -0.2) is 23.4 Å². The highest BCUT2D eigenvalue weighted by atomic mass is 35.5. The van der Waals surface area contributed by atoms with Crippen molar-refractivity contribution in [2.24, 2.45) is 5.73 Å². The number of para-hydroxylation sites is 1. The second-order valence-corrected chi connectivity index (χ2v) is 4.78. The number of amides is 1. The summed E-state index contributed by atoms with van der Waals surface area (Å²) in [4.78, 5) is 13.8. The van der Waals surface area contributed by atoms with Gasteiger partial charge < -0.3 is 15.1 Å². The maximum absolute atomic E-state index is 12.1. The summed E-state index contributed by atoms with van der Waals surface area (Å²) in [5.41, 5.74) is 6.52. The molecule has 2 N–H and O–H groups in total. The van der Waals surface area contributed by atoms with Crippen molar-refractivity contribution in [2.45, 2.75) is 32.9 Å². The van der Waals surface area contributed by atoms with Crippen LogP contribution in [0.3, 0.4) is 0 Å². The molecule has 0 aliphatic rings. The Hall–Kier alpha value is -1.52. The molecule has 2 rings (SSSR count). The third-order valence-corrected chi connectivity index (χ3v) is 3.34. The average molecular weight is 297 g/mol. The Labute approximate surface area is 125 Å². The van der Waals surface area contributed by atoms with E-state index in [-0.39, 0.29) is 24.4 Å². The molecule has 5 heteroatoms. The Bertz CT molecular complexity index is 547. The molecule has 0 saturated carbocycles. The second-order valence-electron chi connectivity index (χ2n) is 4.78. The summed E-state index contributed by atoms with van der Waals surface area (Å²) in [7, 11) is 0. The first-order valence-electron chi connectivity index (χ1n) is 6.59. The van der Waals surface area contributed by atoms with Gasteiger partial charge in [0.2, 0.25) is 5.91 Å². The molecule has 1 heterocycles. The lowest BCUT2D eigenvalue weighted by Gasteiger charge is -2.28. The van der Waals surface area contributed by atoms with E-state index in [4.69, 9.17) is 10.2 Å². The number of halogens is 1. The van der Waals surface area contributed by atoms with Crippen LogP contribution in [0.4, 0.5) is 0 Å². The molecule has 1 aromatic heterocycles. The molecular weight excluding hydrogens is 276 g/mol. The van der Waals surface area contributed by atoms with Crippen molar-refractivity contribution in [3.8, 4) is 0 Å². The summed E-state index contributed by atoms with van der Waals surface area (Å²) < 4.78 is 5.81. The van der Waals surface area contributed by atoms with Gasteiger partial charge in [-0.2, -0.15) is 0 Å². The lowest BCUT2D eigenvalue weighted by Crippen LogP contribution is -2.43. The fourth-order valence-corrected chi connectivity index (χ4v) is 2.24. The van der Waals surface area contributed by atoms with Crippen LogP contribution in [0.15, 0.2) is 34.7 Å². The van der Waals surface area contributed by atoms with Gasteiger partial charge in [-0.05, 0) is 32.9 Å². The molecule has 110 valence electrons. The van der Waals surface area contributed by atoms with Crippen molar-refractivity contribution < 1.29 is 9.21 Å². The molecule has 0 aliphatic carbocycles. The molecule has 0 fully saturated rings. The van der Waals surface area contributed by atoms with E-state index < -0.39 is 6.04 Å². The van der Waals surface area contributed by atoms with Gasteiger partial charge >= 0.3 is 0 Å². The zero-order valence-corrected chi connectivity index (χ0v) is 12.8. The third-order valence-electron chi connectivity index (χ3n) is 3.34. The van der Waals surface area contributed by atoms with Crippen molar-refractivity contribution in [3.05, 3.63) is 36.1 Å². The van der Waals surface area contributed by atoms with E-state index in [1.807, 2.05) is 44.2 Å². The number of benzene rings is 1. The van der Waals surface area contributed by atoms with Gasteiger partial charge in [0.05, 0.1) is 12.1 Å². The van der Waals surface area contributed by atoms with E-state index >= 15 is 0 Å². The van der Waals surface area contributed by atoms with E-state index in [0.717, 1.165) is 16.7 Å². The number of rotatable bonds is 4. The van der Waals surface area contributed by atoms with Crippen LogP contribution < -0.4 is 5.73 Å². The number of likely N-dealkylation sites (N-methyl/N-ethyl adjacent to an activating group) is 1. The Balaban J connectivity index is 0.00000200. The molecule has 0 radical (unpaired) electrons. The van der Waals surface area contributed by atoms with Gasteiger partial charge in [-0.15, -0.1) is 12.4 Å². The molecule has 2 atom stereocenters. The predicted octanol–water partition coefficient (Wildman–Crippen LogP) is 3.11. The highest BCUT2D eigenvalue weighted by Crippen LogP contribution is 2.27. The lowest BCUT2D eigenvalue weighted by atomic mass is 10.1. The average Bonchev–Trinajstić information content (AvgIpc) is 2.82. The van der Waals surface area contributed by atoms with Crippen LogP contribution in [0.25, 0.3) is 11.0 Å². The highest BCUT2D eigenvalue weighted by molar-refractivity contribution is 5.85. The van der Waals surface area contributed by atoms with E-state index in [1.54, 1.807) is 11.8 Å². The van der Waals surface area contributed by atoms with Gasteiger partial charge in [-0.1, -0.05) is 18.2 Å². The van der Waals surface area contributed by atoms with Crippen LogP contribution in [-0.2, 0) is 4.79 Å². The zero-order valence-electron chi connectivity index (χ0n) is 12.0. The number of nitrogens with two attached hydrogens (primary N) is 1. The number of hydrogen-bond donors (Lipinski definition) is 1. The largest absolute Gasteiger partial charge is 0.459 e. The number of hydrogen-bond acceptors (Lipinski definition) is 3. The normalized spacial score (nSPS) is 13.6. The number of fused-ring (bicyclic) bond motifs is 1. The first kappa shape index (κ1) is 16.5. The van der Waals surface area contributed by atoms with Crippen LogP contribution in [0.2, 0.25) is 0 Å². The van der Waals surface area contributed by atoms with Gasteiger partial charge in [0.15, 0.2) is 0 Å². The Morgan fingerprint density at radius 3 is 2.55 bits per heavy atom. The van der Waals surface area contributed by atoms with Gasteiger partial charge in [0.1, 0.15) is 11.3 Å². The van der Waals surface area contributed by atoms with Crippen LogP contribution in [0.1, 0.15) is 32.6 Å². The maximum Gasteiger partial charge on any atom is 0.239 e. The number of carbonyl (C=O) groups is 1.